The average Bonchev–Trinajstić information content (AvgIpc) is 3.79. The van der Waals surface area contributed by atoms with Crippen LogP contribution in [0, 0.1) is 0 Å². The summed E-state index contributed by atoms with van der Waals surface area (Å²) in [6.07, 6.45) is 0. The van der Waals surface area contributed by atoms with Gasteiger partial charge in [0, 0.05) is 37.4 Å². The zero-order valence-electron chi connectivity index (χ0n) is 28.2. The Kier molecular flexibility index (Phi) is 5.90. The van der Waals surface area contributed by atoms with Crippen LogP contribution in [0.4, 0.5) is 0 Å². The number of rotatable bonds is 3. The summed E-state index contributed by atoms with van der Waals surface area (Å²) in [5.41, 5.74) is 9.37. The lowest BCUT2D eigenvalue weighted by Gasteiger charge is -2.23. The van der Waals surface area contributed by atoms with Gasteiger partial charge in [0.1, 0.15) is 11.5 Å². The van der Waals surface area contributed by atoms with Gasteiger partial charge in [0.2, 0.25) is 5.95 Å². The highest BCUT2D eigenvalue weighted by Gasteiger charge is 2.28. The predicted molar refractivity (Wildman–Crippen MR) is 221 cm³/mol. The lowest BCUT2D eigenvalue weighted by atomic mass is 9.95. The highest BCUT2D eigenvalue weighted by molar-refractivity contribution is 7.27. The Bertz CT molecular complexity index is 3310. The molecule has 0 saturated carbocycles. The molecule has 1 aliphatic heterocycles. The van der Waals surface area contributed by atoms with E-state index in [4.69, 9.17) is 14.7 Å². The fraction of sp³-hybridized carbons (Fsp3) is 0. The highest BCUT2D eigenvalue weighted by Crippen LogP contribution is 2.51. The van der Waals surface area contributed by atoms with Crippen LogP contribution in [0.2, 0.25) is 0 Å². The van der Waals surface area contributed by atoms with Crippen LogP contribution in [0.5, 0.6) is 11.5 Å². The van der Waals surface area contributed by atoms with Gasteiger partial charge in [0.15, 0.2) is 0 Å². The third kappa shape index (κ3) is 4.05. The second-order valence-electron chi connectivity index (χ2n) is 13.7. The van der Waals surface area contributed by atoms with E-state index in [1.807, 2.05) is 29.5 Å². The maximum Gasteiger partial charge on any atom is 0.235 e. The number of aromatic nitrogens is 3. The van der Waals surface area contributed by atoms with Gasteiger partial charge in [-0.3, -0.25) is 4.57 Å². The first-order chi connectivity index (χ1) is 26.3. The molecule has 0 N–H and O–H groups in total. The van der Waals surface area contributed by atoms with Crippen molar-refractivity contribution in [1.82, 2.24) is 14.5 Å². The molecule has 53 heavy (non-hydrogen) atoms. The molecule has 4 heterocycles. The fourth-order valence-electron chi connectivity index (χ4n) is 8.48. The van der Waals surface area contributed by atoms with Gasteiger partial charge in [-0.15, -0.1) is 11.3 Å². The smallest absolute Gasteiger partial charge is 0.235 e. The molecule has 0 spiro atoms. The summed E-state index contributed by atoms with van der Waals surface area (Å²) in [6, 6.07) is 58.0. The van der Waals surface area contributed by atoms with Crippen molar-refractivity contribution in [3.8, 4) is 51.0 Å². The van der Waals surface area contributed by atoms with Crippen molar-refractivity contribution in [3.63, 3.8) is 0 Å². The molecule has 0 fully saturated rings. The van der Waals surface area contributed by atoms with Crippen LogP contribution in [0.15, 0.2) is 164 Å². The van der Waals surface area contributed by atoms with E-state index in [0.717, 1.165) is 55.8 Å². The minimum absolute atomic E-state index is 0.648. The van der Waals surface area contributed by atoms with Gasteiger partial charge >= 0.3 is 0 Å². The molecule has 3 aromatic heterocycles. The van der Waals surface area contributed by atoms with Crippen molar-refractivity contribution >= 4 is 75.0 Å². The maximum atomic E-state index is 6.78. The minimum Gasteiger partial charge on any atom is -0.455 e. The second kappa shape index (κ2) is 10.8. The van der Waals surface area contributed by atoms with Crippen LogP contribution in [-0.4, -0.2) is 14.5 Å². The minimum atomic E-state index is 0.648. The molecule has 0 saturated heterocycles. The van der Waals surface area contributed by atoms with Crippen LogP contribution < -0.4 is 4.74 Å². The zero-order valence-corrected chi connectivity index (χ0v) is 29.1. The number of nitrogens with zero attached hydrogens (tertiary/aromatic N) is 3. The SMILES string of the molecule is c1ccc(-c2ccc(-c3ccc4nc(-n5c6ccccc6c6c7ccccc7c7c8ccccc8sc7c65)nc5c4c3Oc3ccccc3-5)cc2)cc1. The third-order valence-corrected chi connectivity index (χ3v) is 12.0. The Balaban J connectivity index is 1.17. The largest absolute Gasteiger partial charge is 0.455 e. The molecule has 11 aromatic rings. The molecule has 0 bridgehead atoms. The van der Waals surface area contributed by atoms with E-state index in [2.05, 4.69) is 150 Å². The Morgan fingerprint density at radius 2 is 1.13 bits per heavy atom. The molecule has 0 radical (unpaired) electrons. The Morgan fingerprint density at radius 1 is 0.472 bits per heavy atom. The van der Waals surface area contributed by atoms with Crippen LogP contribution in [0.3, 0.4) is 0 Å². The van der Waals surface area contributed by atoms with Crippen molar-refractivity contribution < 1.29 is 4.74 Å². The summed E-state index contributed by atoms with van der Waals surface area (Å²) >= 11 is 1.85. The van der Waals surface area contributed by atoms with E-state index in [-0.39, 0.29) is 0 Å². The molecule has 0 unspecified atom stereocenters. The average molecular weight is 694 g/mol. The number of para-hydroxylation sites is 2. The lowest BCUT2D eigenvalue weighted by molar-refractivity contribution is 0.488. The molecular formula is C48H27N3OS. The van der Waals surface area contributed by atoms with Crippen molar-refractivity contribution in [2.75, 3.05) is 0 Å². The van der Waals surface area contributed by atoms with Gasteiger partial charge in [-0.2, -0.15) is 0 Å². The van der Waals surface area contributed by atoms with Crippen LogP contribution in [0.1, 0.15) is 0 Å². The molecule has 1 aliphatic rings. The molecular weight excluding hydrogens is 667 g/mol. The van der Waals surface area contributed by atoms with E-state index in [1.165, 1.54) is 52.8 Å². The number of hydrogen-bond acceptors (Lipinski definition) is 4. The second-order valence-corrected chi connectivity index (χ2v) is 14.7. The molecule has 0 amide bonds. The molecule has 8 aromatic carbocycles. The maximum absolute atomic E-state index is 6.78. The van der Waals surface area contributed by atoms with Crippen molar-refractivity contribution in [1.29, 1.82) is 0 Å². The first kappa shape index (κ1) is 28.8. The molecule has 5 heteroatoms. The van der Waals surface area contributed by atoms with Gasteiger partial charge in [0.25, 0.3) is 0 Å². The van der Waals surface area contributed by atoms with E-state index >= 15 is 0 Å². The van der Waals surface area contributed by atoms with Crippen molar-refractivity contribution in [2.45, 2.75) is 0 Å². The first-order valence-electron chi connectivity index (χ1n) is 17.8. The van der Waals surface area contributed by atoms with E-state index < -0.39 is 0 Å². The molecule has 12 rings (SSSR count). The first-order valence-corrected chi connectivity index (χ1v) is 18.7. The Morgan fingerprint density at radius 3 is 1.98 bits per heavy atom. The quantitative estimate of drug-likeness (QED) is 0.185. The normalized spacial score (nSPS) is 12.3. The summed E-state index contributed by atoms with van der Waals surface area (Å²) in [5.74, 6) is 2.23. The number of benzene rings is 8. The summed E-state index contributed by atoms with van der Waals surface area (Å²) in [4.78, 5) is 10.9. The summed E-state index contributed by atoms with van der Waals surface area (Å²) in [6.45, 7) is 0. The van der Waals surface area contributed by atoms with Crippen LogP contribution in [-0.2, 0) is 0 Å². The number of ether oxygens (including phenoxy) is 1. The molecule has 0 aliphatic carbocycles. The standard InChI is InChI=1S/C48H27N3OS/c1-2-12-28(13-3-1)29-22-24-30(25-23-29)31-26-27-37-43-44(35-17-7-10-20-39(35)52-46(31)43)50-48(49-37)51-38-19-9-6-16-34(38)41-32-14-4-5-15-33(32)42-36-18-8-11-21-40(36)53-47(42)45(41)51/h1-27H. The monoisotopic (exact) mass is 693 g/mol. The Labute approximate surface area is 307 Å². The van der Waals surface area contributed by atoms with Gasteiger partial charge in [-0.05, 0) is 63.9 Å². The van der Waals surface area contributed by atoms with Crippen LogP contribution >= 0.6 is 11.3 Å². The molecule has 246 valence electrons. The summed E-state index contributed by atoms with van der Waals surface area (Å²) < 4.78 is 11.6. The molecule has 0 atom stereocenters. The number of thiophene rings is 1. The number of hydrogen-bond donors (Lipinski definition) is 0. The number of fused-ring (bicyclic) bond motifs is 12. The van der Waals surface area contributed by atoms with Gasteiger partial charge in [-0.25, -0.2) is 9.97 Å². The van der Waals surface area contributed by atoms with Gasteiger partial charge in [0.05, 0.1) is 32.3 Å². The highest BCUT2D eigenvalue weighted by atomic mass is 32.1. The third-order valence-electron chi connectivity index (χ3n) is 10.8. The fourth-order valence-corrected chi connectivity index (χ4v) is 9.74. The van der Waals surface area contributed by atoms with Crippen molar-refractivity contribution in [2.24, 2.45) is 0 Å². The van der Waals surface area contributed by atoms with E-state index in [1.54, 1.807) is 0 Å². The van der Waals surface area contributed by atoms with Crippen LogP contribution in [0.25, 0.3) is 103 Å². The van der Waals surface area contributed by atoms with Crippen molar-refractivity contribution in [3.05, 3.63) is 164 Å². The Hall–Kier alpha value is -6.82. The lowest BCUT2D eigenvalue weighted by Crippen LogP contribution is -2.07. The summed E-state index contributed by atoms with van der Waals surface area (Å²) in [7, 11) is 0. The van der Waals surface area contributed by atoms with Gasteiger partial charge < -0.3 is 4.74 Å². The zero-order chi connectivity index (χ0) is 34.6. The molecule has 4 nitrogen and oxygen atoms in total. The van der Waals surface area contributed by atoms with E-state index in [9.17, 15) is 0 Å². The van der Waals surface area contributed by atoms with E-state index in [0.29, 0.717) is 5.95 Å². The van der Waals surface area contributed by atoms with Gasteiger partial charge in [-0.1, -0.05) is 127 Å². The predicted octanol–water partition coefficient (Wildman–Crippen LogP) is 13.4. The summed E-state index contributed by atoms with van der Waals surface area (Å²) in [5, 5.41) is 8.40. The topological polar surface area (TPSA) is 39.9 Å².